The van der Waals surface area contributed by atoms with Gasteiger partial charge in [-0.15, -0.1) is 0 Å². The summed E-state index contributed by atoms with van der Waals surface area (Å²) < 4.78 is 19.5. The number of hydrogen-bond donors (Lipinski definition) is 2. The monoisotopic (exact) mass is 316 g/mol. The van der Waals surface area contributed by atoms with Crippen LogP contribution in [0.4, 0.5) is 15.8 Å². The quantitative estimate of drug-likeness (QED) is 0.820. The van der Waals surface area contributed by atoms with Crippen LogP contribution in [-0.4, -0.2) is 18.2 Å². The number of anilines is 2. The Bertz CT molecular complexity index is 451. The Morgan fingerprint density at radius 2 is 2.22 bits per heavy atom. The highest BCUT2D eigenvalue weighted by Gasteiger charge is 2.29. The number of hydrogen-bond acceptors (Lipinski definition) is 3. The predicted octanol–water partition coefficient (Wildman–Crippen LogP) is 3.54. The van der Waals surface area contributed by atoms with Crippen LogP contribution in [0.2, 0.25) is 0 Å². The molecule has 3 N–H and O–H groups in total. The summed E-state index contributed by atoms with van der Waals surface area (Å²) in [5.74, 6) is -0.307. The fraction of sp³-hybridized carbons (Fsp3) is 0.538. The van der Waals surface area contributed by atoms with Gasteiger partial charge in [0.15, 0.2) is 0 Å². The van der Waals surface area contributed by atoms with Gasteiger partial charge < -0.3 is 15.8 Å². The fourth-order valence-electron chi connectivity index (χ4n) is 2.26. The largest absolute Gasteiger partial charge is 0.397 e. The number of rotatable bonds is 2. The molecule has 0 aliphatic carbocycles. The van der Waals surface area contributed by atoms with Crippen LogP contribution >= 0.6 is 15.9 Å². The van der Waals surface area contributed by atoms with E-state index >= 15 is 0 Å². The lowest BCUT2D eigenvalue weighted by Gasteiger charge is -2.36. The van der Waals surface area contributed by atoms with Crippen molar-refractivity contribution in [2.24, 2.45) is 0 Å². The first kappa shape index (κ1) is 13.6. The normalized spacial score (nSPS) is 22.8. The minimum absolute atomic E-state index is 0.140. The highest BCUT2D eigenvalue weighted by atomic mass is 79.9. The van der Waals surface area contributed by atoms with Crippen molar-refractivity contribution in [2.75, 3.05) is 17.7 Å². The zero-order chi connectivity index (χ0) is 13.3. The van der Waals surface area contributed by atoms with Crippen LogP contribution in [0.5, 0.6) is 0 Å². The maximum atomic E-state index is 13.5. The van der Waals surface area contributed by atoms with Crippen molar-refractivity contribution in [2.45, 2.75) is 38.3 Å². The summed E-state index contributed by atoms with van der Waals surface area (Å²) in [5.41, 5.74) is 6.94. The van der Waals surface area contributed by atoms with Crippen molar-refractivity contribution < 1.29 is 9.13 Å². The number of nitrogens with one attached hydrogen (secondary N) is 1. The molecule has 0 saturated carbocycles. The van der Waals surface area contributed by atoms with Gasteiger partial charge in [-0.25, -0.2) is 4.39 Å². The van der Waals surface area contributed by atoms with Crippen LogP contribution in [-0.2, 0) is 4.74 Å². The van der Waals surface area contributed by atoms with Gasteiger partial charge in [-0.1, -0.05) is 0 Å². The number of ether oxygens (including phenoxy) is 1. The van der Waals surface area contributed by atoms with Crippen LogP contribution in [0.1, 0.15) is 26.7 Å². The van der Waals surface area contributed by atoms with E-state index in [1.165, 1.54) is 6.07 Å². The standard InChI is InChI=1S/C13H18BrFN2O/c1-13(2)7-8(3-4-18-13)17-12-6-10(15)9(14)5-11(12)16/h5-6,8,17H,3-4,7,16H2,1-2H3. The van der Waals surface area contributed by atoms with Crippen molar-refractivity contribution in [3.8, 4) is 0 Å². The Labute approximate surface area is 115 Å². The van der Waals surface area contributed by atoms with Crippen molar-refractivity contribution in [1.29, 1.82) is 0 Å². The van der Waals surface area contributed by atoms with E-state index in [0.29, 0.717) is 22.5 Å². The van der Waals surface area contributed by atoms with Gasteiger partial charge in [0.1, 0.15) is 5.82 Å². The molecule has 0 aromatic heterocycles. The number of nitrogen functional groups attached to an aromatic ring is 1. The van der Waals surface area contributed by atoms with Crippen LogP contribution in [0.3, 0.4) is 0 Å². The highest BCUT2D eigenvalue weighted by molar-refractivity contribution is 9.10. The summed E-state index contributed by atoms with van der Waals surface area (Å²) in [6.45, 7) is 4.84. The molecule has 1 aromatic carbocycles. The molecule has 3 nitrogen and oxygen atoms in total. The third-order valence-corrected chi connectivity index (χ3v) is 3.76. The molecular weight excluding hydrogens is 299 g/mol. The molecule has 1 aliphatic heterocycles. The van der Waals surface area contributed by atoms with Crippen molar-refractivity contribution in [3.05, 3.63) is 22.4 Å². The van der Waals surface area contributed by atoms with Gasteiger partial charge >= 0.3 is 0 Å². The molecule has 1 heterocycles. The smallest absolute Gasteiger partial charge is 0.139 e. The Morgan fingerprint density at radius 1 is 1.50 bits per heavy atom. The molecule has 0 radical (unpaired) electrons. The van der Waals surface area contributed by atoms with Gasteiger partial charge in [-0.3, -0.25) is 0 Å². The zero-order valence-electron chi connectivity index (χ0n) is 10.6. The van der Waals surface area contributed by atoms with E-state index in [-0.39, 0.29) is 17.5 Å². The maximum absolute atomic E-state index is 13.5. The summed E-state index contributed by atoms with van der Waals surface area (Å²) in [6, 6.07) is 3.28. The first-order valence-corrected chi connectivity index (χ1v) is 6.82. The maximum Gasteiger partial charge on any atom is 0.139 e. The molecule has 1 unspecified atom stereocenters. The minimum Gasteiger partial charge on any atom is -0.397 e. The van der Waals surface area contributed by atoms with Crippen LogP contribution in [0.25, 0.3) is 0 Å². The topological polar surface area (TPSA) is 47.3 Å². The lowest BCUT2D eigenvalue weighted by Crippen LogP contribution is -2.40. The third kappa shape index (κ3) is 3.14. The average Bonchev–Trinajstić information content (AvgIpc) is 2.24. The second-order valence-electron chi connectivity index (χ2n) is 5.30. The Balaban J connectivity index is 2.12. The third-order valence-electron chi connectivity index (χ3n) is 3.15. The molecule has 0 bridgehead atoms. The van der Waals surface area contributed by atoms with Crippen LogP contribution < -0.4 is 11.1 Å². The Kier molecular flexibility index (Phi) is 3.82. The van der Waals surface area contributed by atoms with E-state index < -0.39 is 0 Å². The second kappa shape index (κ2) is 5.05. The first-order valence-electron chi connectivity index (χ1n) is 6.02. The molecule has 1 atom stereocenters. The summed E-state index contributed by atoms with van der Waals surface area (Å²) in [7, 11) is 0. The van der Waals surface area contributed by atoms with Gasteiger partial charge in [0.25, 0.3) is 0 Å². The fourth-order valence-corrected chi connectivity index (χ4v) is 2.62. The van der Waals surface area contributed by atoms with E-state index in [4.69, 9.17) is 10.5 Å². The van der Waals surface area contributed by atoms with Crippen LogP contribution in [0.15, 0.2) is 16.6 Å². The first-order chi connectivity index (χ1) is 8.37. The van der Waals surface area contributed by atoms with Crippen molar-refractivity contribution in [1.82, 2.24) is 0 Å². The molecule has 2 rings (SSSR count). The van der Waals surface area contributed by atoms with Gasteiger partial charge in [-0.05, 0) is 48.7 Å². The molecular formula is C13H18BrFN2O. The van der Waals surface area contributed by atoms with Gasteiger partial charge in [0.05, 0.1) is 21.4 Å². The van der Waals surface area contributed by atoms with E-state index in [2.05, 4.69) is 35.1 Å². The summed E-state index contributed by atoms with van der Waals surface area (Å²) in [6.07, 6.45) is 1.78. The molecule has 1 fully saturated rings. The van der Waals surface area contributed by atoms with Crippen molar-refractivity contribution in [3.63, 3.8) is 0 Å². The highest BCUT2D eigenvalue weighted by Crippen LogP contribution is 2.30. The van der Waals surface area contributed by atoms with E-state index in [1.807, 2.05) is 0 Å². The molecule has 100 valence electrons. The summed E-state index contributed by atoms with van der Waals surface area (Å²) in [4.78, 5) is 0. The molecule has 1 aliphatic rings. The summed E-state index contributed by atoms with van der Waals surface area (Å²) >= 11 is 3.12. The number of benzene rings is 1. The lowest BCUT2D eigenvalue weighted by molar-refractivity contribution is -0.0553. The molecule has 5 heteroatoms. The van der Waals surface area contributed by atoms with Crippen molar-refractivity contribution >= 4 is 27.3 Å². The average molecular weight is 317 g/mol. The molecule has 1 saturated heterocycles. The van der Waals surface area contributed by atoms with Gasteiger partial charge in [-0.2, -0.15) is 0 Å². The zero-order valence-corrected chi connectivity index (χ0v) is 12.2. The summed E-state index contributed by atoms with van der Waals surface area (Å²) in [5, 5.41) is 3.31. The molecule has 1 aromatic rings. The second-order valence-corrected chi connectivity index (χ2v) is 6.15. The number of halogens is 2. The lowest BCUT2D eigenvalue weighted by atomic mass is 9.93. The predicted molar refractivity (Wildman–Crippen MR) is 75.2 cm³/mol. The minimum atomic E-state index is -0.307. The molecule has 0 spiro atoms. The molecule has 18 heavy (non-hydrogen) atoms. The van der Waals surface area contributed by atoms with Gasteiger partial charge in [0.2, 0.25) is 0 Å². The van der Waals surface area contributed by atoms with E-state index in [9.17, 15) is 4.39 Å². The van der Waals surface area contributed by atoms with E-state index in [1.54, 1.807) is 6.07 Å². The Morgan fingerprint density at radius 3 is 2.89 bits per heavy atom. The molecule has 0 amide bonds. The SMILES string of the molecule is CC1(C)CC(Nc2cc(F)c(Br)cc2N)CCO1. The number of nitrogens with two attached hydrogens (primary N) is 1. The van der Waals surface area contributed by atoms with Gasteiger partial charge in [0, 0.05) is 18.7 Å². The Hall–Kier alpha value is -0.810. The van der Waals surface area contributed by atoms with Crippen LogP contribution in [0, 0.1) is 5.82 Å². The van der Waals surface area contributed by atoms with E-state index in [0.717, 1.165) is 12.8 Å².